The van der Waals surface area contributed by atoms with E-state index >= 15 is 0 Å². The number of aromatic amines is 1. The van der Waals surface area contributed by atoms with Gasteiger partial charge in [-0.25, -0.2) is 4.98 Å². The molecule has 0 aliphatic heterocycles. The molecule has 2 aromatic heterocycles. The van der Waals surface area contributed by atoms with E-state index in [4.69, 9.17) is 11.6 Å². The largest absolute Gasteiger partial charge is 0.352 e. The van der Waals surface area contributed by atoms with Crippen LogP contribution < -0.4 is 5.32 Å². The number of benzene rings is 1. The summed E-state index contributed by atoms with van der Waals surface area (Å²) in [4.78, 5) is 15.6. The van der Waals surface area contributed by atoms with Crippen molar-refractivity contribution >= 4 is 23.2 Å². The third-order valence-electron chi connectivity index (χ3n) is 3.72. The molecule has 2 N–H and O–H groups in total. The van der Waals surface area contributed by atoms with Crippen LogP contribution in [0.4, 0.5) is 0 Å². The summed E-state index contributed by atoms with van der Waals surface area (Å²) < 4.78 is 1.61. The molecule has 1 amide bonds. The Balaban J connectivity index is 1.96. The van der Waals surface area contributed by atoms with Crippen LogP contribution in [0.2, 0.25) is 5.02 Å². The summed E-state index contributed by atoms with van der Waals surface area (Å²) in [5.41, 5.74) is 3.28. The number of carbonyl (C=O) groups is 1. The average Bonchev–Trinajstić information content (AvgIpc) is 3.05. The summed E-state index contributed by atoms with van der Waals surface area (Å²) in [6.45, 7) is 8.21. The molecule has 0 bridgehead atoms. The van der Waals surface area contributed by atoms with Crippen LogP contribution in [-0.2, 0) is 16.8 Å². The summed E-state index contributed by atoms with van der Waals surface area (Å²) in [7, 11) is 0. The molecule has 0 radical (unpaired) electrons. The molecule has 0 aliphatic carbocycles. The maximum Gasteiger partial charge on any atom is 0.217 e. The summed E-state index contributed by atoms with van der Waals surface area (Å²) >= 11 is 6.46. The van der Waals surface area contributed by atoms with Gasteiger partial charge in [-0.15, -0.1) is 5.10 Å². The summed E-state index contributed by atoms with van der Waals surface area (Å²) in [5.74, 6) is 0.531. The van der Waals surface area contributed by atoms with E-state index in [0.29, 0.717) is 23.0 Å². The minimum Gasteiger partial charge on any atom is -0.352 e. The molecule has 0 atom stereocenters. The molecule has 1 aromatic carbocycles. The van der Waals surface area contributed by atoms with Crippen molar-refractivity contribution in [2.24, 2.45) is 0 Å². The van der Waals surface area contributed by atoms with E-state index in [1.807, 2.05) is 24.3 Å². The van der Waals surface area contributed by atoms with E-state index < -0.39 is 0 Å². The van der Waals surface area contributed by atoms with Gasteiger partial charge < -0.3 is 5.32 Å². The van der Waals surface area contributed by atoms with E-state index in [2.05, 4.69) is 41.3 Å². The number of hydrogen-bond donors (Lipinski definition) is 2. The molecule has 0 unspecified atom stereocenters. The fourth-order valence-corrected chi connectivity index (χ4v) is 2.91. The Hall–Kier alpha value is -2.34. The van der Waals surface area contributed by atoms with E-state index in [1.54, 1.807) is 4.63 Å². The van der Waals surface area contributed by atoms with Gasteiger partial charge in [-0.1, -0.05) is 50.6 Å². The Morgan fingerprint density at radius 3 is 2.75 bits per heavy atom. The second-order valence-corrected chi connectivity index (χ2v) is 7.21. The number of carbonyl (C=O) groups excluding carboxylic acids is 1. The lowest BCUT2D eigenvalue weighted by Crippen LogP contribution is -2.18. The fourth-order valence-electron chi connectivity index (χ4n) is 2.47. The van der Waals surface area contributed by atoms with Gasteiger partial charge in [0.1, 0.15) is 5.02 Å². The Bertz CT molecular complexity index is 903. The van der Waals surface area contributed by atoms with Crippen molar-refractivity contribution < 1.29 is 4.79 Å². The number of rotatable bonds is 3. The van der Waals surface area contributed by atoms with Gasteiger partial charge in [-0.3, -0.25) is 9.89 Å². The monoisotopic (exact) mass is 345 g/mol. The van der Waals surface area contributed by atoms with Gasteiger partial charge >= 0.3 is 0 Å². The van der Waals surface area contributed by atoms with Gasteiger partial charge in [-0.2, -0.15) is 4.63 Å². The van der Waals surface area contributed by atoms with Crippen molar-refractivity contribution in [3.05, 3.63) is 40.5 Å². The van der Waals surface area contributed by atoms with Crippen LogP contribution >= 0.6 is 11.6 Å². The quantitative estimate of drug-likeness (QED) is 0.764. The second-order valence-electron chi connectivity index (χ2n) is 6.83. The second kappa shape index (κ2) is 5.94. The highest BCUT2D eigenvalue weighted by molar-refractivity contribution is 6.34. The molecule has 6 nitrogen and oxygen atoms in total. The first kappa shape index (κ1) is 16.5. The first-order valence-corrected chi connectivity index (χ1v) is 8.12. The molecule has 0 spiro atoms. The molecule has 3 aromatic rings. The van der Waals surface area contributed by atoms with Gasteiger partial charge in [0.2, 0.25) is 5.91 Å². The van der Waals surface area contributed by atoms with Crippen molar-refractivity contribution in [2.75, 3.05) is 0 Å². The molecule has 0 saturated heterocycles. The lowest BCUT2D eigenvalue weighted by molar-refractivity contribution is -0.119. The predicted molar refractivity (Wildman–Crippen MR) is 94.0 cm³/mol. The predicted octanol–water partition coefficient (Wildman–Crippen LogP) is 3.31. The number of aromatic nitrogens is 4. The highest BCUT2D eigenvalue weighted by atomic mass is 35.5. The molecule has 2 heterocycles. The first-order chi connectivity index (χ1) is 11.3. The van der Waals surface area contributed by atoms with Crippen LogP contribution in [0.3, 0.4) is 0 Å². The van der Waals surface area contributed by atoms with Gasteiger partial charge in [0.15, 0.2) is 11.5 Å². The molecule has 0 saturated carbocycles. The molecule has 0 aliphatic rings. The number of halogens is 1. The number of amides is 1. The van der Waals surface area contributed by atoms with Gasteiger partial charge in [0, 0.05) is 24.4 Å². The van der Waals surface area contributed by atoms with Gasteiger partial charge in [0.25, 0.3) is 0 Å². The number of nitrogens with zero attached hydrogens (tertiary/aromatic N) is 3. The van der Waals surface area contributed by atoms with Crippen molar-refractivity contribution in [3.63, 3.8) is 0 Å². The zero-order chi connectivity index (χ0) is 17.5. The van der Waals surface area contributed by atoms with E-state index in [0.717, 1.165) is 16.8 Å². The van der Waals surface area contributed by atoms with Crippen molar-refractivity contribution in [2.45, 2.75) is 39.7 Å². The molecule has 126 valence electrons. The van der Waals surface area contributed by atoms with Crippen molar-refractivity contribution in [3.8, 4) is 11.4 Å². The van der Waals surface area contributed by atoms with Crippen molar-refractivity contribution in [1.29, 1.82) is 0 Å². The highest BCUT2D eigenvalue weighted by Gasteiger charge is 2.24. The highest BCUT2D eigenvalue weighted by Crippen LogP contribution is 2.31. The average molecular weight is 346 g/mol. The molecule has 3 rings (SSSR count). The van der Waals surface area contributed by atoms with Crippen LogP contribution in [0.1, 0.15) is 39.0 Å². The number of fused-ring (bicyclic) bond motifs is 1. The van der Waals surface area contributed by atoms with E-state index in [9.17, 15) is 4.79 Å². The third-order valence-corrected chi connectivity index (χ3v) is 4.08. The molecule has 7 heteroatoms. The topological polar surface area (TPSA) is 75.1 Å². The molecular weight excluding hydrogens is 326 g/mol. The Kier molecular flexibility index (Phi) is 4.09. The van der Waals surface area contributed by atoms with Gasteiger partial charge in [0.05, 0.1) is 5.69 Å². The number of nitrogens with one attached hydrogen (secondary N) is 2. The Morgan fingerprint density at radius 2 is 2.12 bits per heavy atom. The minimum absolute atomic E-state index is 0.0599. The lowest BCUT2D eigenvalue weighted by atomic mass is 9.92. The molecule has 0 fully saturated rings. The zero-order valence-corrected chi connectivity index (χ0v) is 14.9. The minimum atomic E-state index is -0.113. The summed E-state index contributed by atoms with van der Waals surface area (Å²) in [6, 6.07) is 7.77. The number of H-pyrrole nitrogens is 1. The van der Waals surface area contributed by atoms with Crippen LogP contribution in [0.25, 0.3) is 17.0 Å². The summed E-state index contributed by atoms with van der Waals surface area (Å²) in [5, 5.41) is 11.1. The normalized spacial score (nSPS) is 11.9. The van der Waals surface area contributed by atoms with E-state index in [1.165, 1.54) is 6.92 Å². The SMILES string of the molecule is CC(=O)NCc1cccc(-c2nc3c(Cl)c(C(C)(C)C)[nH]n3n2)c1. The standard InChI is InChI=1S/C17H20ClN5O/c1-10(24)19-9-11-6-5-7-12(8-11)15-20-16-13(18)14(17(2,3)4)21-23(16)22-15/h5-8,21H,9H2,1-4H3,(H,19,24). The molecule has 24 heavy (non-hydrogen) atoms. The van der Waals surface area contributed by atoms with Crippen LogP contribution in [0.15, 0.2) is 24.3 Å². The maximum absolute atomic E-state index is 11.0. The van der Waals surface area contributed by atoms with Crippen LogP contribution in [0.5, 0.6) is 0 Å². The molecular formula is C17H20ClN5O. The maximum atomic E-state index is 11.0. The zero-order valence-electron chi connectivity index (χ0n) is 14.1. The summed E-state index contributed by atoms with van der Waals surface area (Å²) in [6.07, 6.45) is 0. The Morgan fingerprint density at radius 1 is 1.38 bits per heavy atom. The third kappa shape index (κ3) is 3.14. The number of hydrogen-bond acceptors (Lipinski definition) is 3. The van der Waals surface area contributed by atoms with Crippen LogP contribution in [-0.4, -0.2) is 25.7 Å². The van der Waals surface area contributed by atoms with Crippen LogP contribution in [0, 0.1) is 0 Å². The first-order valence-electron chi connectivity index (χ1n) is 7.74. The fraction of sp³-hybridized carbons (Fsp3) is 0.353. The van der Waals surface area contributed by atoms with Crippen molar-refractivity contribution in [1.82, 2.24) is 25.1 Å². The van der Waals surface area contributed by atoms with E-state index in [-0.39, 0.29) is 11.3 Å². The lowest BCUT2D eigenvalue weighted by Gasteiger charge is -2.16. The van der Waals surface area contributed by atoms with Gasteiger partial charge in [-0.05, 0) is 11.6 Å². The smallest absolute Gasteiger partial charge is 0.217 e. The Labute approximate surface area is 145 Å².